The minimum Gasteiger partial charge on any atom is -0.356 e. The Bertz CT molecular complexity index is 730. The molecule has 27 heavy (non-hydrogen) atoms. The number of nitrogens with one attached hydrogen (secondary N) is 2. The highest BCUT2D eigenvalue weighted by atomic mass is 127. The van der Waals surface area contributed by atoms with Crippen LogP contribution in [0.5, 0.6) is 0 Å². The molecular weight excluding hydrogens is 488 g/mol. The fourth-order valence-electron chi connectivity index (χ4n) is 2.44. The summed E-state index contributed by atoms with van der Waals surface area (Å²) >= 11 is 0.978. The summed E-state index contributed by atoms with van der Waals surface area (Å²) in [6, 6.07) is 10.2. The Kier molecular flexibility index (Phi) is 9.00. The molecule has 0 spiro atoms. The van der Waals surface area contributed by atoms with Gasteiger partial charge in [0.05, 0.1) is 6.54 Å². The van der Waals surface area contributed by atoms with E-state index in [0.29, 0.717) is 17.5 Å². The summed E-state index contributed by atoms with van der Waals surface area (Å²) < 4.78 is 37.8. The van der Waals surface area contributed by atoms with Gasteiger partial charge in [0.15, 0.2) is 11.7 Å². The molecule has 0 amide bonds. The van der Waals surface area contributed by atoms with Crippen LogP contribution in [-0.4, -0.2) is 24.5 Å². The number of guanidine groups is 1. The second kappa shape index (κ2) is 10.3. The van der Waals surface area contributed by atoms with Gasteiger partial charge in [-0.3, -0.25) is 4.99 Å². The normalized spacial score (nSPS) is 12.4. The molecular formula is C18H24F3IN4S. The molecule has 0 saturated carbocycles. The summed E-state index contributed by atoms with van der Waals surface area (Å²) in [5, 5.41) is 7.63. The van der Waals surface area contributed by atoms with Crippen LogP contribution >= 0.6 is 35.3 Å². The zero-order valence-corrected chi connectivity index (χ0v) is 18.6. The van der Waals surface area contributed by atoms with Crippen LogP contribution in [0.25, 0.3) is 0 Å². The molecule has 1 aromatic carbocycles. The standard InChI is InChI=1S/C18H23F3N4S.HI/c1-17(2,9-13-7-5-4-6-8-13)12-24-16(22-3)23-10-15-25-14(11-26-15)18(19,20)21;/h4-8,11H,9-10,12H2,1-3H3,(H2,22,23,24);1H. The zero-order valence-electron chi connectivity index (χ0n) is 15.4. The van der Waals surface area contributed by atoms with E-state index in [2.05, 4.69) is 46.6 Å². The van der Waals surface area contributed by atoms with E-state index in [1.807, 2.05) is 18.2 Å². The first kappa shape index (κ1) is 23.7. The van der Waals surface area contributed by atoms with E-state index in [1.54, 1.807) is 7.05 Å². The topological polar surface area (TPSA) is 49.3 Å². The fourth-order valence-corrected chi connectivity index (χ4v) is 3.18. The van der Waals surface area contributed by atoms with Gasteiger partial charge in [0.1, 0.15) is 5.01 Å². The first-order chi connectivity index (χ1) is 12.2. The Hall–Kier alpha value is -1.36. The first-order valence-corrected chi connectivity index (χ1v) is 9.08. The summed E-state index contributed by atoms with van der Waals surface area (Å²) in [6.45, 7) is 5.17. The maximum Gasteiger partial charge on any atom is 0.434 e. The van der Waals surface area contributed by atoms with Gasteiger partial charge < -0.3 is 10.6 Å². The second-order valence-corrected chi connectivity index (χ2v) is 7.67. The number of aromatic nitrogens is 1. The highest BCUT2D eigenvalue weighted by molar-refractivity contribution is 14.0. The maximum absolute atomic E-state index is 12.6. The van der Waals surface area contributed by atoms with Gasteiger partial charge in [0, 0.05) is 19.0 Å². The molecule has 0 fully saturated rings. The molecule has 0 atom stereocenters. The van der Waals surface area contributed by atoms with Crippen molar-refractivity contribution >= 4 is 41.3 Å². The van der Waals surface area contributed by atoms with E-state index < -0.39 is 11.9 Å². The summed E-state index contributed by atoms with van der Waals surface area (Å²) in [5.74, 6) is 0.537. The number of halogens is 4. The number of benzene rings is 1. The molecule has 1 heterocycles. The summed E-state index contributed by atoms with van der Waals surface area (Å²) in [6.07, 6.45) is -3.50. The maximum atomic E-state index is 12.6. The monoisotopic (exact) mass is 512 g/mol. The van der Waals surface area contributed by atoms with Gasteiger partial charge >= 0.3 is 6.18 Å². The van der Waals surface area contributed by atoms with Crippen LogP contribution in [0, 0.1) is 5.41 Å². The average Bonchev–Trinajstić information content (AvgIpc) is 3.05. The number of thiazole rings is 1. The van der Waals surface area contributed by atoms with Gasteiger partial charge in [-0.05, 0) is 17.4 Å². The lowest BCUT2D eigenvalue weighted by molar-refractivity contribution is -0.140. The highest BCUT2D eigenvalue weighted by Gasteiger charge is 2.33. The van der Waals surface area contributed by atoms with Crippen LogP contribution < -0.4 is 10.6 Å². The molecule has 0 radical (unpaired) electrons. The summed E-state index contributed by atoms with van der Waals surface area (Å²) in [7, 11) is 1.63. The lowest BCUT2D eigenvalue weighted by atomic mass is 9.86. The molecule has 2 N–H and O–H groups in total. The number of rotatable bonds is 6. The number of hydrogen-bond acceptors (Lipinski definition) is 3. The minimum atomic E-state index is -4.41. The number of nitrogens with zero attached hydrogens (tertiary/aromatic N) is 2. The van der Waals surface area contributed by atoms with Crippen LogP contribution in [0.2, 0.25) is 0 Å². The van der Waals surface area contributed by atoms with Crippen molar-refractivity contribution in [1.82, 2.24) is 15.6 Å². The van der Waals surface area contributed by atoms with Crippen molar-refractivity contribution in [2.75, 3.05) is 13.6 Å². The Morgan fingerprint density at radius 2 is 1.81 bits per heavy atom. The Morgan fingerprint density at radius 1 is 1.15 bits per heavy atom. The molecule has 4 nitrogen and oxygen atoms in total. The van der Waals surface area contributed by atoms with Crippen LogP contribution in [0.4, 0.5) is 13.2 Å². The third kappa shape index (κ3) is 8.04. The van der Waals surface area contributed by atoms with Crippen molar-refractivity contribution in [2.24, 2.45) is 10.4 Å². The van der Waals surface area contributed by atoms with Gasteiger partial charge in [-0.1, -0.05) is 44.2 Å². The molecule has 0 aliphatic carbocycles. The summed E-state index contributed by atoms with van der Waals surface area (Å²) in [5.41, 5.74) is 0.389. The lowest BCUT2D eigenvalue weighted by Gasteiger charge is -2.26. The van der Waals surface area contributed by atoms with Crippen LogP contribution in [-0.2, 0) is 19.1 Å². The minimum absolute atomic E-state index is 0. The fraction of sp³-hybridized carbons (Fsp3) is 0.444. The van der Waals surface area contributed by atoms with Gasteiger partial charge in [0.25, 0.3) is 0 Å². The molecule has 0 saturated heterocycles. The molecule has 0 aliphatic rings. The highest BCUT2D eigenvalue weighted by Crippen LogP contribution is 2.29. The quantitative estimate of drug-likeness (QED) is 0.335. The summed E-state index contributed by atoms with van der Waals surface area (Å²) in [4.78, 5) is 7.72. The van der Waals surface area contributed by atoms with Gasteiger partial charge in [-0.25, -0.2) is 4.98 Å². The van der Waals surface area contributed by atoms with Crippen molar-refractivity contribution < 1.29 is 13.2 Å². The number of aliphatic imine (C=N–C) groups is 1. The predicted octanol–water partition coefficient (Wildman–Crippen LogP) is 4.71. The second-order valence-electron chi connectivity index (χ2n) is 6.73. The lowest BCUT2D eigenvalue weighted by Crippen LogP contribution is -2.42. The molecule has 0 bridgehead atoms. The van der Waals surface area contributed by atoms with Gasteiger partial charge in [-0.15, -0.1) is 35.3 Å². The van der Waals surface area contributed by atoms with Crippen LogP contribution in [0.3, 0.4) is 0 Å². The third-order valence-corrected chi connectivity index (χ3v) is 4.58. The third-order valence-electron chi connectivity index (χ3n) is 3.73. The van der Waals surface area contributed by atoms with Crippen LogP contribution in [0.1, 0.15) is 30.1 Å². The van der Waals surface area contributed by atoms with Gasteiger partial charge in [0.2, 0.25) is 0 Å². The van der Waals surface area contributed by atoms with E-state index in [9.17, 15) is 13.2 Å². The first-order valence-electron chi connectivity index (χ1n) is 8.20. The van der Waals surface area contributed by atoms with Crippen molar-refractivity contribution in [3.8, 4) is 0 Å². The van der Waals surface area contributed by atoms with Crippen molar-refractivity contribution in [1.29, 1.82) is 0 Å². The molecule has 2 aromatic rings. The van der Waals surface area contributed by atoms with Crippen LogP contribution in [0.15, 0.2) is 40.7 Å². The number of hydrogen-bond donors (Lipinski definition) is 2. The van der Waals surface area contributed by atoms with Crippen molar-refractivity contribution in [3.63, 3.8) is 0 Å². The molecule has 150 valence electrons. The van der Waals surface area contributed by atoms with E-state index >= 15 is 0 Å². The Morgan fingerprint density at radius 3 is 2.37 bits per heavy atom. The van der Waals surface area contributed by atoms with E-state index in [4.69, 9.17) is 0 Å². The predicted molar refractivity (Wildman–Crippen MR) is 115 cm³/mol. The molecule has 1 aromatic heterocycles. The smallest absolute Gasteiger partial charge is 0.356 e. The zero-order chi connectivity index (χ0) is 19.2. The Labute approximate surface area is 178 Å². The average molecular weight is 512 g/mol. The Balaban J connectivity index is 0.00000364. The SMILES string of the molecule is CN=C(NCc1nc(C(F)(F)F)cs1)NCC(C)(C)Cc1ccccc1.I. The molecule has 9 heteroatoms. The molecule has 0 aliphatic heterocycles. The van der Waals surface area contributed by atoms with Crippen molar-refractivity contribution in [2.45, 2.75) is 33.0 Å². The van der Waals surface area contributed by atoms with Crippen molar-refractivity contribution in [3.05, 3.63) is 52.0 Å². The van der Waals surface area contributed by atoms with Gasteiger partial charge in [-0.2, -0.15) is 13.2 Å². The largest absolute Gasteiger partial charge is 0.434 e. The molecule has 2 rings (SSSR count). The van der Waals surface area contributed by atoms with E-state index in [-0.39, 0.29) is 35.9 Å². The van der Waals surface area contributed by atoms with E-state index in [1.165, 1.54) is 5.56 Å². The van der Waals surface area contributed by atoms with E-state index in [0.717, 1.165) is 23.1 Å². The number of alkyl halides is 3. The molecule has 0 unspecified atom stereocenters.